The maximum Gasteiger partial charge on any atom is 0.252 e. The molecule has 19 heavy (non-hydrogen) atoms. The lowest BCUT2D eigenvalue weighted by molar-refractivity contribution is 0.0996. The topological polar surface area (TPSA) is 96.2 Å². The molecule has 1 aromatic carbocycles. The summed E-state index contributed by atoms with van der Waals surface area (Å²) in [5.74, 6) is 0.783. The second-order valence-corrected chi connectivity index (χ2v) is 4.14. The summed E-state index contributed by atoms with van der Waals surface area (Å²) < 4.78 is 7.53. The second kappa shape index (κ2) is 5.43. The van der Waals surface area contributed by atoms with E-state index in [1.165, 1.54) is 0 Å². The van der Waals surface area contributed by atoms with Crippen LogP contribution in [0.2, 0.25) is 0 Å². The molecule has 1 aromatic heterocycles. The van der Waals surface area contributed by atoms with Gasteiger partial charge in [-0.15, -0.1) is 0 Å². The van der Waals surface area contributed by atoms with Gasteiger partial charge in [-0.25, -0.2) is 4.98 Å². The van der Waals surface area contributed by atoms with Crippen LogP contribution in [0.4, 0.5) is 5.69 Å². The van der Waals surface area contributed by atoms with E-state index in [1.807, 2.05) is 17.7 Å². The highest BCUT2D eigenvalue weighted by molar-refractivity contribution is 5.96. The number of aromatic nitrogens is 2. The third-order valence-corrected chi connectivity index (χ3v) is 2.78. The molecule has 4 N–H and O–H groups in total. The van der Waals surface area contributed by atoms with Crippen LogP contribution in [0.1, 0.15) is 16.2 Å². The van der Waals surface area contributed by atoms with Gasteiger partial charge >= 0.3 is 0 Å². The number of ether oxygens (including phenoxy) is 1. The third kappa shape index (κ3) is 3.04. The molecule has 0 radical (unpaired) electrons. The average molecular weight is 260 g/mol. The highest BCUT2D eigenvalue weighted by Crippen LogP contribution is 2.21. The number of carbonyl (C=O) groups is 1. The van der Waals surface area contributed by atoms with Crippen molar-refractivity contribution >= 4 is 11.6 Å². The zero-order chi connectivity index (χ0) is 13.8. The number of primary amides is 1. The number of benzene rings is 1. The van der Waals surface area contributed by atoms with Crippen LogP contribution in [0.25, 0.3) is 0 Å². The minimum absolute atomic E-state index is 0.330. The SMILES string of the molecule is Cc1nccn1CCOc1cc(N)ccc1C(N)=O. The lowest BCUT2D eigenvalue weighted by Gasteiger charge is -2.11. The molecule has 6 heteroatoms. The second-order valence-electron chi connectivity index (χ2n) is 4.14. The summed E-state index contributed by atoms with van der Waals surface area (Å²) in [4.78, 5) is 15.4. The van der Waals surface area contributed by atoms with Gasteiger partial charge in [-0.2, -0.15) is 0 Å². The lowest BCUT2D eigenvalue weighted by Crippen LogP contribution is -2.15. The van der Waals surface area contributed by atoms with Gasteiger partial charge in [0.25, 0.3) is 5.91 Å². The number of amides is 1. The monoisotopic (exact) mass is 260 g/mol. The molecule has 0 bridgehead atoms. The largest absolute Gasteiger partial charge is 0.491 e. The van der Waals surface area contributed by atoms with Gasteiger partial charge < -0.3 is 20.8 Å². The van der Waals surface area contributed by atoms with Crippen molar-refractivity contribution < 1.29 is 9.53 Å². The minimum Gasteiger partial charge on any atom is -0.491 e. The van der Waals surface area contributed by atoms with Gasteiger partial charge in [-0.3, -0.25) is 4.79 Å². The number of hydrogen-bond acceptors (Lipinski definition) is 4. The highest BCUT2D eigenvalue weighted by Gasteiger charge is 2.09. The van der Waals surface area contributed by atoms with Crippen molar-refractivity contribution in [1.29, 1.82) is 0 Å². The Morgan fingerprint density at radius 1 is 1.47 bits per heavy atom. The zero-order valence-electron chi connectivity index (χ0n) is 10.7. The van der Waals surface area contributed by atoms with Gasteiger partial charge in [0.1, 0.15) is 18.2 Å². The first-order valence-corrected chi connectivity index (χ1v) is 5.88. The molecular formula is C13H16N4O2. The van der Waals surface area contributed by atoms with Gasteiger partial charge in [0.2, 0.25) is 0 Å². The predicted molar refractivity (Wildman–Crippen MR) is 71.8 cm³/mol. The third-order valence-electron chi connectivity index (χ3n) is 2.78. The van der Waals surface area contributed by atoms with Gasteiger partial charge in [-0.05, 0) is 19.1 Å². The Morgan fingerprint density at radius 2 is 2.26 bits per heavy atom. The van der Waals surface area contributed by atoms with Crippen molar-refractivity contribution in [2.75, 3.05) is 12.3 Å². The molecular weight excluding hydrogens is 244 g/mol. The van der Waals surface area contributed by atoms with Gasteiger partial charge in [0.15, 0.2) is 0 Å². The zero-order valence-corrected chi connectivity index (χ0v) is 10.7. The van der Waals surface area contributed by atoms with E-state index in [4.69, 9.17) is 16.2 Å². The minimum atomic E-state index is -0.534. The van der Waals surface area contributed by atoms with Gasteiger partial charge in [0, 0.05) is 24.1 Å². The number of hydrogen-bond donors (Lipinski definition) is 2. The summed E-state index contributed by atoms with van der Waals surface area (Å²) in [6.07, 6.45) is 3.59. The van der Waals surface area contributed by atoms with Crippen molar-refractivity contribution in [2.45, 2.75) is 13.5 Å². The predicted octanol–water partition coefficient (Wildman–Crippen LogP) is 0.952. The summed E-state index contributed by atoms with van der Waals surface area (Å²) >= 11 is 0. The molecule has 1 heterocycles. The fourth-order valence-electron chi connectivity index (χ4n) is 1.76. The summed E-state index contributed by atoms with van der Waals surface area (Å²) in [5, 5.41) is 0. The number of anilines is 1. The van der Waals surface area contributed by atoms with Crippen molar-refractivity contribution in [3.05, 3.63) is 42.0 Å². The van der Waals surface area contributed by atoms with E-state index in [-0.39, 0.29) is 0 Å². The average Bonchev–Trinajstić information content (AvgIpc) is 2.75. The van der Waals surface area contributed by atoms with Crippen LogP contribution >= 0.6 is 0 Å². The molecule has 100 valence electrons. The molecule has 0 atom stereocenters. The Labute approximate surface area is 111 Å². The molecule has 1 amide bonds. The van der Waals surface area contributed by atoms with Gasteiger partial charge in [0.05, 0.1) is 12.1 Å². The number of nitrogens with two attached hydrogens (primary N) is 2. The standard InChI is InChI=1S/C13H16N4O2/c1-9-16-4-5-17(9)6-7-19-12-8-10(14)2-3-11(12)13(15)18/h2-5,8H,6-7,14H2,1H3,(H2,15,18). The molecule has 0 spiro atoms. The van der Waals surface area contributed by atoms with E-state index in [0.29, 0.717) is 30.2 Å². The maximum atomic E-state index is 11.3. The van der Waals surface area contributed by atoms with Crippen LogP contribution in [0.3, 0.4) is 0 Å². The van der Waals surface area contributed by atoms with E-state index in [9.17, 15) is 4.79 Å². The first kappa shape index (κ1) is 12.9. The van der Waals surface area contributed by atoms with Crippen LogP contribution < -0.4 is 16.2 Å². The lowest BCUT2D eigenvalue weighted by atomic mass is 10.2. The molecule has 0 aliphatic carbocycles. The summed E-state index contributed by atoms with van der Waals surface area (Å²) in [5.41, 5.74) is 11.8. The van der Waals surface area contributed by atoms with E-state index in [1.54, 1.807) is 24.4 Å². The van der Waals surface area contributed by atoms with E-state index >= 15 is 0 Å². The van der Waals surface area contributed by atoms with Crippen LogP contribution in [-0.2, 0) is 6.54 Å². The molecule has 0 aliphatic heterocycles. The summed E-state index contributed by atoms with van der Waals surface area (Å²) in [6.45, 7) is 2.95. The molecule has 2 rings (SSSR count). The van der Waals surface area contributed by atoms with E-state index in [0.717, 1.165) is 5.82 Å². The van der Waals surface area contributed by atoms with Crippen LogP contribution in [-0.4, -0.2) is 22.1 Å². The number of nitrogens with zero attached hydrogens (tertiary/aromatic N) is 2. The molecule has 0 saturated carbocycles. The van der Waals surface area contributed by atoms with E-state index in [2.05, 4.69) is 4.98 Å². The molecule has 2 aromatic rings. The number of carbonyl (C=O) groups excluding carboxylic acids is 1. The fraction of sp³-hybridized carbons (Fsp3) is 0.231. The highest BCUT2D eigenvalue weighted by atomic mass is 16.5. The van der Waals surface area contributed by atoms with Crippen molar-refractivity contribution in [3.63, 3.8) is 0 Å². The fourth-order valence-corrected chi connectivity index (χ4v) is 1.76. The molecule has 0 aliphatic rings. The molecule has 0 saturated heterocycles. The van der Waals surface area contributed by atoms with Crippen molar-refractivity contribution in [2.24, 2.45) is 5.73 Å². The number of rotatable bonds is 5. The van der Waals surface area contributed by atoms with Gasteiger partial charge in [-0.1, -0.05) is 0 Å². The Kier molecular flexibility index (Phi) is 3.70. The van der Waals surface area contributed by atoms with Crippen molar-refractivity contribution in [1.82, 2.24) is 9.55 Å². The normalized spacial score (nSPS) is 10.4. The van der Waals surface area contributed by atoms with Crippen LogP contribution in [0.15, 0.2) is 30.6 Å². The Bertz CT molecular complexity index is 592. The first-order chi connectivity index (χ1) is 9.08. The quantitative estimate of drug-likeness (QED) is 0.782. The molecule has 6 nitrogen and oxygen atoms in total. The van der Waals surface area contributed by atoms with Crippen LogP contribution in [0, 0.1) is 6.92 Å². The summed E-state index contributed by atoms with van der Waals surface area (Å²) in [7, 11) is 0. The Hall–Kier alpha value is -2.50. The first-order valence-electron chi connectivity index (χ1n) is 5.88. The maximum absolute atomic E-state index is 11.3. The number of nitrogen functional groups attached to an aromatic ring is 1. The number of imidazole rings is 1. The Balaban J connectivity index is 2.05. The smallest absolute Gasteiger partial charge is 0.252 e. The molecule has 0 fully saturated rings. The van der Waals surface area contributed by atoms with Crippen molar-refractivity contribution in [3.8, 4) is 5.75 Å². The Morgan fingerprint density at radius 3 is 2.89 bits per heavy atom. The summed E-state index contributed by atoms with van der Waals surface area (Å²) in [6, 6.07) is 4.78. The van der Waals surface area contributed by atoms with Crippen LogP contribution in [0.5, 0.6) is 5.75 Å². The number of aryl methyl sites for hydroxylation is 1. The molecule has 0 unspecified atom stereocenters. The van der Waals surface area contributed by atoms with E-state index < -0.39 is 5.91 Å².